The van der Waals surface area contributed by atoms with Crippen molar-refractivity contribution in [1.29, 1.82) is 0 Å². The molecular formula is C20H37IN6OS. The van der Waals surface area contributed by atoms with Gasteiger partial charge in [0.1, 0.15) is 5.01 Å². The van der Waals surface area contributed by atoms with Crippen LogP contribution >= 0.6 is 35.3 Å². The van der Waals surface area contributed by atoms with Crippen LogP contribution < -0.4 is 10.6 Å². The van der Waals surface area contributed by atoms with E-state index in [-0.39, 0.29) is 35.9 Å². The SMILES string of the molecule is CCNC(=NCc1nc(C(C)C)cs1)NCCCN1CCCC1C(=O)N(C)C.I. The third-order valence-corrected chi connectivity index (χ3v) is 5.73. The molecule has 0 aliphatic carbocycles. The molecule has 1 fully saturated rings. The number of rotatable bonds is 9. The predicted octanol–water partition coefficient (Wildman–Crippen LogP) is 2.88. The van der Waals surface area contributed by atoms with Gasteiger partial charge < -0.3 is 15.5 Å². The van der Waals surface area contributed by atoms with Gasteiger partial charge in [-0.2, -0.15) is 0 Å². The second-order valence-corrected chi connectivity index (χ2v) is 8.67. The molecule has 2 heterocycles. The van der Waals surface area contributed by atoms with Crippen LogP contribution in [0, 0.1) is 0 Å². The maximum atomic E-state index is 12.3. The molecule has 9 heteroatoms. The van der Waals surface area contributed by atoms with Gasteiger partial charge in [0.15, 0.2) is 5.96 Å². The Balaban J connectivity index is 0.00000420. The van der Waals surface area contributed by atoms with Gasteiger partial charge in [-0.25, -0.2) is 9.98 Å². The van der Waals surface area contributed by atoms with Crippen LogP contribution in [0.4, 0.5) is 0 Å². The highest BCUT2D eigenvalue weighted by atomic mass is 127. The van der Waals surface area contributed by atoms with Crippen LogP contribution in [0.2, 0.25) is 0 Å². The summed E-state index contributed by atoms with van der Waals surface area (Å²) in [7, 11) is 3.68. The molecule has 1 aromatic heterocycles. The van der Waals surface area contributed by atoms with Crippen LogP contribution in [-0.2, 0) is 11.3 Å². The van der Waals surface area contributed by atoms with E-state index in [9.17, 15) is 4.79 Å². The quantitative estimate of drug-likeness (QED) is 0.220. The number of nitrogens with zero attached hydrogens (tertiary/aromatic N) is 4. The molecule has 166 valence electrons. The van der Waals surface area contributed by atoms with Crippen molar-refractivity contribution in [3.63, 3.8) is 0 Å². The summed E-state index contributed by atoms with van der Waals surface area (Å²) in [6.45, 7) is 10.6. The summed E-state index contributed by atoms with van der Waals surface area (Å²) < 4.78 is 0. The van der Waals surface area contributed by atoms with E-state index in [1.54, 1.807) is 16.2 Å². The number of likely N-dealkylation sites (N-methyl/N-ethyl adjacent to an activating group) is 1. The van der Waals surface area contributed by atoms with E-state index in [0.717, 1.165) is 62.1 Å². The summed E-state index contributed by atoms with van der Waals surface area (Å²) in [4.78, 5) is 25.6. The van der Waals surface area contributed by atoms with Crippen molar-refractivity contribution in [1.82, 2.24) is 25.4 Å². The van der Waals surface area contributed by atoms with Crippen molar-refractivity contribution in [3.05, 3.63) is 16.1 Å². The zero-order valence-electron chi connectivity index (χ0n) is 18.4. The largest absolute Gasteiger partial charge is 0.357 e. The molecule has 29 heavy (non-hydrogen) atoms. The van der Waals surface area contributed by atoms with Gasteiger partial charge in [0.25, 0.3) is 0 Å². The molecule has 1 saturated heterocycles. The number of aromatic nitrogens is 1. The summed E-state index contributed by atoms with van der Waals surface area (Å²) in [6, 6.07) is 0.0527. The molecule has 1 unspecified atom stereocenters. The van der Waals surface area contributed by atoms with Gasteiger partial charge in [0.05, 0.1) is 18.3 Å². The van der Waals surface area contributed by atoms with E-state index in [1.165, 1.54) is 0 Å². The lowest BCUT2D eigenvalue weighted by atomic mass is 10.2. The van der Waals surface area contributed by atoms with Crippen LogP contribution in [0.3, 0.4) is 0 Å². The molecule has 0 spiro atoms. The monoisotopic (exact) mass is 536 g/mol. The minimum atomic E-state index is 0. The van der Waals surface area contributed by atoms with E-state index in [2.05, 4.69) is 51.7 Å². The summed E-state index contributed by atoms with van der Waals surface area (Å²) in [5.74, 6) is 1.50. The third-order valence-electron chi connectivity index (χ3n) is 4.88. The van der Waals surface area contributed by atoms with E-state index >= 15 is 0 Å². The number of likely N-dealkylation sites (tertiary alicyclic amines) is 1. The molecular weight excluding hydrogens is 499 g/mol. The Hall–Kier alpha value is -0.940. The van der Waals surface area contributed by atoms with Crippen molar-refractivity contribution >= 4 is 47.2 Å². The van der Waals surface area contributed by atoms with Gasteiger partial charge in [-0.05, 0) is 38.6 Å². The van der Waals surface area contributed by atoms with Gasteiger partial charge in [-0.15, -0.1) is 35.3 Å². The van der Waals surface area contributed by atoms with Crippen LogP contribution in [0.1, 0.15) is 56.7 Å². The molecule has 7 nitrogen and oxygen atoms in total. The normalized spacial score (nSPS) is 17.3. The number of hydrogen-bond acceptors (Lipinski definition) is 5. The standard InChI is InChI=1S/C20H36N6OS.HI/c1-6-21-20(23-13-18-24-16(14-28-18)15(2)3)22-10-8-12-26-11-7-9-17(26)19(27)25(4)5;/h14-15,17H,6-13H2,1-5H3,(H2,21,22,23);1H. The van der Waals surface area contributed by atoms with Crippen LogP contribution in [0.5, 0.6) is 0 Å². The number of guanidine groups is 1. The molecule has 0 bridgehead atoms. The van der Waals surface area contributed by atoms with Gasteiger partial charge in [0.2, 0.25) is 5.91 Å². The number of carbonyl (C=O) groups is 1. The number of carbonyl (C=O) groups excluding carboxylic acids is 1. The molecule has 1 aliphatic heterocycles. The van der Waals surface area contributed by atoms with E-state index in [0.29, 0.717) is 12.5 Å². The van der Waals surface area contributed by atoms with Crippen LogP contribution in [-0.4, -0.2) is 73.0 Å². The maximum Gasteiger partial charge on any atom is 0.239 e. The first-order chi connectivity index (χ1) is 13.4. The number of halogens is 1. The predicted molar refractivity (Wildman–Crippen MR) is 132 cm³/mol. The number of thiazole rings is 1. The minimum Gasteiger partial charge on any atom is -0.357 e. The lowest BCUT2D eigenvalue weighted by molar-refractivity contribution is -0.133. The van der Waals surface area contributed by atoms with E-state index in [1.807, 2.05) is 14.1 Å². The molecule has 1 aliphatic rings. The van der Waals surface area contributed by atoms with Gasteiger partial charge >= 0.3 is 0 Å². The number of amides is 1. The lowest BCUT2D eigenvalue weighted by Gasteiger charge is -2.26. The van der Waals surface area contributed by atoms with Crippen molar-refractivity contribution in [2.45, 2.75) is 58.5 Å². The summed E-state index contributed by atoms with van der Waals surface area (Å²) in [5.41, 5.74) is 1.14. The lowest BCUT2D eigenvalue weighted by Crippen LogP contribution is -2.44. The first-order valence-corrected chi connectivity index (χ1v) is 11.2. The van der Waals surface area contributed by atoms with Gasteiger partial charge in [-0.3, -0.25) is 9.69 Å². The smallest absolute Gasteiger partial charge is 0.239 e. The minimum absolute atomic E-state index is 0. The Morgan fingerprint density at radius 1 is 1.41 bits per heavy atom. The van der Waals surface area contributed by atoms with Gasteiger partial charge in [0, 0.05) is 39.1 Å². The highest BCUT2D eigenvalue weighted by molar-refractivity contribution is 14.0. The average Bonchev–Trinajstić information content (AvgIpc) is 3.31. The average molecular weight is 537 g/mol. The zero-order valence-corrected chi connectivity index (χ0v) is 21.5. The highest BCUT2D eigenvalue weighted by Gasteiger charge is 2.30. The number of hydrogen-bond donors (Lipinski definition) is 2. The Morgan fingerprint density at radius 2 is 2.17 bits per heavy atom. The first-order valence-electron chi connectivity index (χ1n) is 10.3. The molecule has 2 N–H and O–H groups in total. The zero-order chi connectivity index (χ0) is 20.5. The summed E-state index contributed by atoms with van der Waals surface area (Å²) in [5, 5.41) is 9.87. The Morgan fingerprint density at radius 3 is 2.79 bits per heavy atom. The van der Waals surface area contributed by atoms with Gasteiger partial charge in [-0.1, -0.05) is 13.8 Å². The fraction of sp³-hybridized carbons (Fsp3) is 0.750. The molecule has 2 rings (SSSR count). The van der Waals surface area contributed by atoms with Crippen molar-refractivity contribution < 1.29 is 4.79 Å². The third kappa shape index (κ3) is 8.37. The fourth-order valence-electron chi connectivity index (χ4n) is 3.31. The van der Waals surface area contributed by atoms with E-state index in [4.69, 9.17) is 0 Å². The number of nitrogens with one attached hydrogen (secondary N) is 2. The summed E-state index contributed by atoms with van der Waals surface area (Å²) >= 11 is 1.67. The van der Waals surface area contributed by atoms with Crippen LogP contribution in [0.25, 0.3) is 0 Å². The molecule has 0 radical (unpaired) electrons. The maximum absolute atomic E-state index is 12.3. The Bertz CT molecular complexity index is 649. The van der Waals surface area contributed by atoms with Crippen molar-refractivity contribution in [2.24, 2.45) is 4.99 Å². The first kappa shape index (κ1) is 26.1. The topological polar surface area (TPSA) is 72.9 Å². The number of aliphatic imine (C=N–C) groups is 1. The molecule has 0 saturated carbocycles. The Kier molecular flexibility index (Phi) is 12.0. The highest BCUT2D eigenvalue weighted by Crippen LogP contribution is 2.19. The second kappa shape index (κ2) is 13.4. The fourth-order valence-corrected chi connectivity index (χ4v) is 4.19. The molecule has 1 aromatic rings. The van der Waals surface area contributed by atoms with Crippen molar-refractivity contribution in [2.75, 3.05) is 40.3 Å². The summed E-state index contributed by atoms with van der Waals surface area (Å²) in [6.07, 6.45) is 3.06. The molecule has 1 atom stereocenters. The molecule has 1 amide bonds. The Labute approximate surface area is 196 Å². The molecule has 0 aromatic carbocycles. The van der Waals surface area contributed by atoms with Crippen molar-refractivity contribution in [3.8, 4) is 0 Å². The van der Waals surface area contributed by atoms with E-state index < -0.39 is 0 Å². The van der Waals surface area contributed by atoms with Crippen LogP contribution in [0.15, 0.2) is 10.4 Å². The second-order valence-electron chi connectivity index (χ2n) is 7.72.